The van der Waals surface area contributed by atoms with E-state index in [1.165, 1.54) is 12.1 Å². The minimum absolute atomic E-state index is 0.127. The summed E-state index contributed by atoms with van der Waals surface area (Å²) in [5.41, 5.74) is 2.06. The molecule has 0 unspecified atom stereocenters. The number of likely N-dealkylation sites (N-methyl/N-ethyl adjacent to an activating group) is 1. The molecule has 1 saturated heterocycles. The van der Waals surface area contributed by atoms with Gasteiger partial charge in [0.05, 0.1) is 6.54 Å². The highest BCUT2D eigenvalue weighted by atomic mass is 19.1. The summed E-state index contributed by atoms with van der Waals surface area (Å²) in [6.07, 6.45) is 0. The number of nitrogens with zero attached hydrogens (tertiary/aromatic N) is 3. The first-order chi connectivity index (χ1) is 14.6. The fourth-order valence-electron chi connectivity index (χ4n) is 3.89. The van der Waals surface area contributed by atoms with Crippen molar-refractivity contribution in [3.05, 3.63) is 53.8 Å². The van der Waals surface area contributed by atoms with E-state index in [0.717, 1.165) is 48.9 Å². The molecule has 7 heteroatoms. The predicted molar refractivity (Wildman–Crippen MR) is 114 cm³/mol. The first-order valence-electron chi connectivity index (χ1n) is 10.5. The summed E-state index contributed by atoms with van der Waals surface area (Å²) in [6.45, 7) is 8.02. The molecule has 0 saturated carbocycles. The van der Waals surface area contributed by atoms with Gasteiger partial charge in [-0.15, -0.1) is 0 Å². The van der Waals surface area contributed by atoms with Crippen LogP contribution in [-0.2, 0) is 11.3 Å². The van der Waals surface area contributed by atoms with E-state index in [2.05, 4.69) is 9.80 Å². The average molecular weight is 413 g/mol. The smallest absolute Gasteiger partial charge is 0.237 e. The first kappa shape index (κ1) is 20.5. The van der Waals surface area contributed by atoms with Crippen LogP contribution in [0.3, 0.4) is 0 Å². The maximum atomic E-state index is 13.1. The molecule has 0 aliphatic carbocycles. The molecule has 2 heterocycles. The Morgan fingerprint density at radius 1 is 1.00 bits per heavy atom. The van der Waals surface area contributed by atoms with Crippen LogP contribution in [-0.4, -0.2) is 68.2 Å². The van der Waals surface area contributed by atoms with Gasteiger partial charge in [0.15, 0.2) is 11.5 Å². The lowest BCUT2D eigenvalue weighted by molar-refractivity contribution is -0.132. The number of anilines is 1. The second kappa shape index (κ2) is 9.34. The van der Waals surface area contributed by atoms with Crippen molar-refractivity contribution in [3.63, 3.8) is 0 Å². The summed E-state index contributed by atoms with van der Waals surface area (Å²) in [5, 5.41) is 0. The maximum Gasteiger partial charge on any atom is 0.237 e. The fourth-order valence-corrected chi connectivity index (χ4v) is 3.89. The highest BCUT2D eigenvalue weighted by molar-refractivity contribution is 5.78. The monoisotopic (exact) mass is 413 g/mol. The van der Waals surface area contributed by atoms with E-state index in [4.69, 9.17) is 9.47 Å². The lowest BCUT2D eigenvalue weighted by Gasteiger charge is -2.36. The first-order valence-corrected chi connectivity index (χ1v) is 10.5. The average Bonchev–Trinajstić information content (AvgIpc) is 2.78. The largest absolute Gasteiger partial charge is 0.486 e. The second-order valence-corrected chi connectivity index (χ2v) is 7.63. The van der Waals surface area contributed by atoms with Crippen molar-refractivity contribution in [1.82, 2.24) is 9.80 Å². The minimum Gasteiger partial charge on any atom is -0.486 e. The van der Waals surface area contributed by atoms with E-state index in [-0.39, 0.29) is 11.7 Å². The van der Waals surface area contributed by atoms with Crippen molar-refractivity contribution in [2.24, 2.45) is 0 Å². The Morgan fingerprint density at radius 2 is 1.70 bits per heavy atom. The Morgan fingerprint density at radius 3 is 2.40 bits per heavy atom. The summed E-state index contributed by atoms with van der Waals surface area (Å²) in [6, 6.07) is 12.5. The molecule has 0 radical (unpaired) electrons. The van der Waals surface area contributed by atoms with Gasteiger partial charge in [0.1, 0.15) is 19.0 Å². The van der Waals surface area contributed by atoms with Crippen molar-refractivity contribution in [1.29, 1.82) is 0 Å². The normalized spacial score (nSPS) is 16.4. The zero-order valence-electron chi connectivity index (χ0n) is 17.3. The molecule has 4 rings (SSSR count). The van der Waals surface area contributed by atoms with Gasteiger partial charge in [0, 0.05) is 45.0 Å². The standard InChI is InChI=1S/C23H28FN3O3/c1-2-26(16-18-3-8-21-22(15-18)30-14-13-29-21)23(28)17-25-9-11-27(12-10-25)20-6-4-19(24)5-7-20/h3-8,15H,2,9-14,16-17H2,1H3. The number of hydrogen-bond donors (Lipinski definition) is 0. The molecule has 2 aromatic carbocycles. The Hall–Kier alpha value is -2.80. The van der Waals surface area contributed by atoms with Gasteiger partial charge in [-0.1, -0.05) is 6.07 Å². The molecule has 0 atom stereocenters. The number of carbonyl (C=O) groups is 1. The molecule has 0 bridgehead atoms. The van der Waals surface area contributed by atoms with Gasteiger partial charge in [-0.25, -0.2) is 4.39 Å². The number of fused-ring (bicyclic) bond motifs is 1. The predicted octanol–water partition coefficient (Wildman–Crippen LogP) is 2.77. The lowest BCUT2D eigenvalue weighted by Crippen LogP contribution is -2.50. The van der Waals surface area contributed by atoms with Crippen LogP contribution in [0.25, 0.3) is 0 Å². The number of amides is 1. The molecular formula is C23H28FN3O3. The Bertz CT molecular complexity index is 866. The molecule has 30 heavy (non-hydrogen) atoms. The van der Waals surface area contributed by atoms with Crippen LogP contribution >= 0.6 is 0 Å². The quantitative estimate of drug-likeness (QED) is 0.729. The van der Waals surface area contributed by atoms with Gasteiger partial charge in [-0.05, 0) is 48.9 Å². The highest BCUT2D eigenvalue weighted by Crippen LogP contribution is 2.31. The van der Waals surface area contributed by atoms with Gasteiger partial charge in [-0.3, -0.25) is 9.69 Å². The van der Waals surface area contributed by atoms with Crippen molar-refractivity contribution < 1.29 is 18.7 Å². The van der Waals surface area contributed by atoms with E-state index < -0.39 is 0 Å². The Labute approximate surface area is 176 Å². The molecule has 0 aromatic heterocycles. The van der Waals surface area contributed by atoms with Gasteiger partial charge in [-0.2, -0.15) is 0 Å². The van der Waals surface area contributed by atoms with Gasteiger partial charge in [0.25, 0.3) is 0 Å². The molecule has 1 fully saturated rings. The molecular weight excluding hydrogens is 385 g/mol. The number of halogens is 1. The third-order valence-corrected chi connectivity index (χ3v) is 5.64. The summed E-state index contributed by atoms with van der Waals surface area (Å²) in [5.74, 6) is 1.42. The fraction of sp³-hybridized carbons (Fsp3) is 0.435. The van der Waals surface area contributed by atoms with Crippen molar-refractivity contribution in [2.75, 3.05) is 57.4 Å². The van der Waals surface area contributed by atoms with E-state index in [9.17, 15) is 9.18 Å². The van der Waals surface area contributed by atoms with Crippen LogP contribution in [0.5, 0.6) is 11.5 Å². The maximum absolute atomic E-state index is 13.1. The lowest BCUT2D eigenvalue weighted by atomic mass is 10.1. The van der Waals surface area contributed by atoms with Crippen LogP contribution in [0, 0.1) is 5.82 Å². The van der Waals surface area contributed by atoms with E-state index in [0.29, 0.717) is 32.8 Å². The van der Waals surface area contributed by atoms with Gasteiger partial charge in [0.2, 0.25) is 5.91 Å². The van der Waals surface area contributed by atoms with Crippen LogP contribution in [0.15, 0.2) is 42.5 Å². The van der Waals surface area contributed by atoms with Crippen LogP contribution in [0.4, 0.5) is 10.1 Å². The van der Waals surface area contributed by atoms with E-state index in [1.54, 1.807) is 0 Å². The molecule has 2 aliphatic heterocycles. The number of ether oxygens (including phenoxy) is 2. The molecule has 160 valence electrons. The van der Waals surface area contributed by atoms with E-state index >= 15 is 0 Å². The molecule has 2 aromatic rings. The molecule has 0 N–H and O–H groups in total. The third-order valence-electron chi connectivity index (χ3n) is 5.64. The Balaban J connectivity index is 1.30. The van der Waals surface area contributed by atoms with Crippen LogP contribution < -0.4 is 14.4 Å². The zero-order valence-corrected chi connectivity index (χ0v) is 17.3. The van der Waals surface area contributed by atoms with Gasteiger partial charge >= 0.3 is 0 Å². The van der Waals surface area contributed by atoms with E-state index in [1.807, 2.05) is 42.2 Å². The Kier molecular flexibility index (Phi) is 6.38. The summed E-state index contributed by atoms with van der Waals surface area (Å²) < 4.78 is 24.3. The SMILES string of the molecule is CCN(Cc1ccc2c(c1)OCCO2)C(=O)CN1CCN(c2ccc(F)cc2)CC1. The van der Waals surface area contributed by atoms with Gasteiger partial charge < -0.3 is 19.3 Å². The van der Waals surface area contributed by atoms with Crippen LogP contribution in [0.2, 0.25) is 0 Å². The second-order valence-electron chi connectivity index (χ2n) is 7.63. The molecule has 1 amide bonds. The zero-order chi connectivity index (χ0) is 20.9. The third kappa shape index (κ3) is 4.84. The van der Waals surface area contributed by atoms with Crippen LogP contribution in [0.1, 0.15) is 12.5 Å². The summed E-state index contributed by atoms with van der Waals surface area (Å²) in [7, 11) is 0. The summed E-state index contributed by atoms with van der Waals surface area (Å²) >= 11 is 0. The number of benzene rings is 2. The minimum atomic E-state index is -0.222. The van der Waals surface area contributed by atoms with Crippen molar-refractivity contribution >= 4 is 11.6 Å². The summed E-state index contributed by atoms with van der Waals surface area (Å²) in [4.78, 5) is 19.2. The highest BCUT2D eigenvalue weighted by Gasteiger charge is 2.22. The molecule has 2 aliphatic rings. The number of piperazine rings is 1. The van der Waals surface area contributed by atoms with Crippen molar-refractivity contribution in [3.8, 4) is 11.5 Å². The number of hydrogen-bond acceptors (Lipinski definition) is 5. The van der Waals surface area contributed by atoms with Crippen molar-refractivity contribution in [2.45, 2.75) is 13.5 Å². The number of rotatable bonds is 6. The molecule has 6 nitrogen and oxygen atoms in total. The topological polar surface area (TPSA) is 45.3 Å². The number of carbonyl (C=O) groups excluding carboxylic acids is 1. The molecule has 0 spiro atoms.